The minimum Gasteiger partial charge on any atom is -0.364 e. The molecule has 0 spiro atoms. The molecule has 0 radical (unpaired) electrons. The number of hydrogen-bond acceptors (Lipinski definition) is 4. The lowest BCUT2D eigenvalue weighted by Gasteiger charge is -2.02. The fraction of sp³-hybridized carbons (Fsp3) is 0. The molecule has 0 unspecified atom stereocenters. The quantitative estimate of drug-likeness (QED) is 0.333. The van der Waals surface area contributed by atoms with Gasteiger partial charge in [-0.05, 0) is 6.07 Å². The van der Waals surface area contributed by atoms with Crippen molar-refractivity contribution in [1.29, 1.82) is 0 Å². The van der Waals surface area contributed by atoms with Gasteiger partial charge in [0.25, 0.3) is 11.6 Å². The van der Waals surface area contributed by atoms with E-state index in [9.17, 15) is 20.2 Å². The largest absolute Gasteiger partial charge is 0.364 e. The van der Waals surface area contributed by atoms with Crippen LogP contribution in [0.2, 0.25) is 0 Å². The first-order valence-corrected chi connectivity index (χ1v) is 3.99. The first kappa shape index (κ1) is 11.4. The zero-order valence-corrected chi connectivity index (χ0v) is 7.86. The number of anilines is 1. The lowest BCUT2D eigenvalue weighted by Crippen LogP contribution is -2.24. The molecule has 16 heavy (non-hydrogen) atoms. The van der Waals surface area contributed by atoms with E-state index in [-0.39, 0.29) is 11.4 Å². The number of para-hydroxylation sites is 2. The van der Waals surface area contributed by atoms with Crippen LogP contribution in [0.5, 0.6) is 0 Å². The van der Waals surface area contributed by atoms with E-state index in [1.807, 2.05) is 0 Å². The molecule has 1 rings (SSSR count). The average Bonchev–Trinajstić information content (AvgIpc) is 2.16. The monoisotopic (exact) mass is 225 g/mol. The predicted molar refractivity (Wildman–Crippen MR) is 55.3 cm³/mol. The molecular formula is C7H7N5O4. The van der Waals surface area contributed by atoms with Crippen molar-refractivity contribution in [3.8, 4) is 0 Å². The van der Waals surface area contributed by atoms with Crippen LogP contribution in [-0.2, 0) is 0 Å². The first-order chi connectivity index (χ1) is 7.50. The molecule has 0 fully saturated rings. The number of benzene rings is 1. The van der Waals surface area contributed by atoms with Crippen molar-refractivity contribution in [3.63, 3.8) is 0 Å². The molecule has 0 saturated heterocycles. The van der Waals surface area contributed by atoms with Gasteiger partial charge in [0.05, 0.1) is 4.92 Å². The van der Waals surface area contributed by atoms with Crippen LogP contribution in [0, 0.1) is 20.2 Å². The number of hydrazone groups is 1. The summed E-state index contributed by atoms with van der Waals surface area (Å²) in [5.41, 5.74) is 4.94. The van der Waals surface area contributed by atoms with Crippen molar-refractivity contribution < 1.29 is 9.96 Å². The van der Waals surface area contributed by atoms with Gasteiger partial charge in [-0.2, -0.15) is 0 Å². The summed E-state index contributed by atoms with van der Waals surface area (Å²) in [6.45, 7) is 0. The number of nitro benzene ring substituents is 1. The lowest BCUT2D eigenvalue weighted by molar-refractivity contribution is -0.485. The van der Waals surface area contributed by atoms with Gasteiger partial charge in [-0.15, -0.1) is 0 Å². The molecule has 0 aliphatic rings. The normalized spacial score (nSPS) is 10.9. The molecule has 84 valence electrons. The third kappa shape index (κ3) is 2.90. The lowest BCUT2D eigenvalue weighted by atomic mass is 10.3. The van der Waals surface area contributed by atoms with Crippen LogP contribution in [0.4, 0.5) is 11.4 Å². The van der Waals surface area contributed by atoms with E-state index in [1.165, 1.54) is 24.3 Å². The Hall–Kier alpha value is -2.71. The SMILES string of the molecule is NC(=N[N+](=O)[O-])Nc1ccccc1[N+](=O)[O-]. The van der Waals surface area contributed by atoms with Gasteiger partial charge in [0.1, 0.15) is 10.8 Å². The highest BCUT2D eigenvalue weighted by Crippen LogP contribution is 2.22. The summed E-state index contributed by atoms with van der Waals surface area (Å²) in [6.07, 6.45) is 0. The minimum absolute atomic E-state index is 0.0376. The Kier molecular flexibility index (Phi) is 3.33. The van der Waals surface area contributed by atoms with Crippen LogP contribution in [0.1, 0.15) is 0 Å². The van der Waals surface area contributed by atoms with Crippen LogP contribution in [0.3, 0.4) is 0 Å². The molecule has 1 aromatic carbocycles. The maximum atomic E-state index is 10.6. The molecule has 0 aliphatic carbocycles. The fourth-order valence-electron chi connectivity index (χ4n) is 0.989. The molecular weight excluding hydrogens is 218 g/mol. The van der Waals surface area contributed by atoms with Gasteiger partial charge >= 0.3 is 0 Å². The van der Waals surface area contributed by atoms with Gasteiger partial charge in [0.2, 0.25) is 0 Å². The van der Waals surface area contributed by atoms with Crippen LogP contribution in [0.15, 0.2) is 29.4 Å². The Balaban J connectivity index is 2.97. The molecule has 0 aliphatic heterocycles. The van der Waals surface area contributed by atoms with Gasteiger partial charge in [0, 0.05) is 6.07 Å². The number of nitrogens with two attached hydrogens (primary N) is 1. The first-order valence-electron chi connectivity index (χ1n) is 3.99. The second-order valence-electron chi connectivity index (χ2n) is 2.62. The smallest absolute Gasteiger partial charge is 0.292 e. The second-order valence-corrected chi connectivity index (χ2v) is 2.62. The summed E-state index contributed by atoms with van der Waals surface area (Å²) in [4.78, 5) is 19.9. The van der Waals surface area contributed by atoms with Crippen molar-refractivity contribution >= 4 is 17.3 Å². The van der Waals surface area contributed by atoms with Crippen molar-refractivity contribution in [2.24, 2.45) is 10.8 Å². The Morgan fingerprint density at radius 3 is 2.50 bits per heavy atom. The van der Waals surface area contributed by atoms with E-state index < -0.39 is 15.9 Å². The number of guanidine groups is 1. The number of nitrogens with zero attached hydrogens (tertiary/aromatic N) is 3. The highest BCUT2D eigenvalue weighted by atomic mass is 16.7. The van der Waals surface area contributed by atoms with Crippen molar-refractivity contribution in [3.05, 3.63) is 44.5 Å². The maximum Gasteiger partial charge on any atom is 0.292 e. The summed E-state index contributed by atoms with van der Waals surface area (Å²) < 4.78 is 0. The van der Waals surface area contributed by atoms with Gasteiger partial charge in [-0.3, -0.25) is 10.1 Å². The third-order valence-corrected chi connectivity index (χ3v) is 1.55. The Bertz CT molecular complexity index is 458. The molecule has 3 N–H and O–H groups in total. The zero-order valence-electron chi connectivity index (χ0n) is 7.86. The zero-order chi connectivity index (χ0) is 12.1. The molecule has 0 bridgehead atoms. The Morgan fingerprint density at radius 1 is 1.31 bits per heavy atom. The van der Waals surface area contributed by atoms with E-state index in [0.29, 0.717) is 0 Å². The number of rotatable bonds is 3. The van der Waals surface area contributed by atoms with Crippen LogP contribution < -0.4 is 11.1 Å². The van der Waals surface area contributed by atoms with E-state index in [1.54, 1.807) is 0 Å². The maximum absolute atomic E-state index is 10.6. The molecule has 0 heterocycles. The standard InChI is InChI=1S/C7H7N5O4/c8-7(10-12(15)16)9-5-3-1-2-4-6(5)11(13)14/h1-4H,(H3,8,9,10). The molecule has 0 atom stereocenters. The Morgan fingerprint density at radius 2 is 1.94 bits per heavy atom. The van der Waals surface area contributed by atoms with Crippen molar-refractivity contribution in [2.45, 2.75) is 0 Å². The highest BCUT2D eigenvalue weighted by molar-refractivity contribution is 5.93. The molecule has 1 aromatic rings. The Labute approximate surface area is 88.9 Å². The summed E-state index contributed by atoms with van der Waals surface area (Å²) in [7, 11) is 0. The third-order valence-electron chi connectivity index (χ3n) is 1.55. The van der Waals surface area contributed by atoms with Gasteiger partial charge in [0.15, 0.2) is 5.03 Å². The van der Waals surface area contributed by atoms with E-state index >= 15 is 0 Å². The van der Waals surface area contributed by atoms with E-state index in [0.717, 1.165) is 0 Å². The summed E-state index contributed by atoms with van der Waals surface area (Å²) in [5.74, 6) is -0.528. The number of nitro groups is 2. The fourth-order valence-corrected chi connectivity index (χ4v) is 0.989. The van der Waals surface area contributed by atoms with E-state index in [2.05, 4.69) is 10.4 Å². The van der Waals surface area contributed by atoms with E-state index in [4.69, 9.17) is 5.73 Å². The van der Waals surface area contributed by atoms with Crippen LogP contribution in [-0.4, -0.2) is 15.9 Å². The molecule has 0 saturated carbocycles. The molecule has 0 amide bonds. The summed E-state index contributed by atoms with van der Waals surface area (Å²) in [5, 5.41) is 24.6. The average molecular weight is 225 g/mol. The summed E-state index contributed by atoms with van der Waals surface area (Å²) >= 11 is 0. The van der Waals surface area contributed by atoms with Crippen LogP contribution in [0.25, 0.3) is 0 Å². The topological polar surface area (TPSA) is 137 Å². The second kappa shape index (κ2) is 4.68. The van der Waals surface area contributed by atoms with Crippen molar-refractivity contribution in [1.82, 2.24) is 0 Å². The summed E-state index contributed by atoms with van der Waals surface area (Å²) in [6, 6.07) is 5.58. The molecule has 0 aromatic heterocycles. The van der Waals surface area contributed by atoms with Gasteiger partial charge in [-0.25, -0.2) is 10.1 Å². The van der Waals surface area contributed by atoms with Crippen LogP contribution >= 0.6 is 0 Å². The number of hydrogen-bond donors (Lipinski definition) is 2. The molecule has 9 nitrogen and oxygen atoms in total. The van der Waals surface area contributed by atoms with Gasteiger partial charge < -0.3 is 11.1 Å². The highest BCUT2D eigenvalue weighted by Gasteiger charge is 2.13. The minimum atomic E-state index is -1.00. The van der Waals surface area contributed by atoms with Crippen molar-refractivity contribution in [2.75, 3.05) is 5.32 Å². The van der Waals surface area contributed by atoms with Gasteiger partial charge in [-0.1, -0.05) is 12.1 Å². The number of nitrogens with one attached hydrogen (secondary N) is 1. The molecule has 9 heteroatoms. The predicted octanol–water partition coefficient (Wildman–Crippen LogP) is 0.513.